The summed E-state index contributed by atoms with van der Waals surface area (Å²) in [6.07, 6.45) is -9.57. The van der Waals surface area contributed by atoms with E-state index in [1.165, 1.54) is 7.11 Å². The zero-order valence-corrected chi connectivity index (χ0v) is 10.6. The van der Waals surface area contributed by atoms with Crippen molar-refractivity contribution in [2.75, 3.05) is 20.3 Å². The van der Waals surface area contributed by atoms with Gasteiger partial charge < -0.3 is 30.1 Å². The second-order valence-corrected chi connectivity index (χ2v) is 4.38. The lowest BCUT2D eigenvalue weighted by molar-refractivity contribution is -0.191. The van der Waals surface area contributed by atoms with Crippen molar-refractivity contribution >= 4 is 5.91 Å². The van der Waals surface area contributed by atoms with Gasteiger partial charge in [0.05, 0.1) is 6.61 Å². The Labute approximate surface area is 112 Å². The van der Waals surface area contributed by atoms with E-state index in [0.717, 1.165) is 0 Å². The Hall–Kier alpha value is -0.940. The molecule has 0 aromatic carbocycles. The predicted octanol–water partition coefficient (Wildman–Crippen LogP) is -1.49. The quantitative estimate of drug-likeness (QED) is 0.493. The van der Waals surface area contributed by atoms with Crippen molar-refractivity contribution in [3.05, 3.63) is 0 Å². The van der Waals surface area contributed by atoms with Crippen LogP contribution in [0.15, 0.2) is 0 Å². The first-order valence-corrected chi connectivity index (χ1v) is 5.70. The van der Waals surface area contributed by atoms with Gasteiger partial charge in [-0.3, -0.25) is 4.79 Å². The molecule has 1 amide bonds. The fourth-order valence-corrected chi connectivity index (χ4v) is 1.92. The molecular formula is C10H16F3NO6. The van der Waals surface area contributed by atoms with Crippen LogP contribution in [-0.4, -0.2) is 71.8 Å². The first-order valence-electron chi connectivity index (χ1n) is 5.70. The molecule has 0 aromatic heterocycles. The molecule has 1 unspecified atom stereocenters. The molecule has 4 N–H and O–H groups in total. The topological polar surface area (TPSA) is 108 Å². The second kappa shape index (κ2) is 6.22. The van der Waals surface area contributed by atoms with Gasteiger partial charge in [-0.1, -0.05) is 0 Å². The fourth-order valence-electron chi connectivity index (χ4n) is 1.92. The Bertz CT molecular complexity index is 352. The van der Waals surface area contributed by atoms with E-state index >= 15 is 0 Å². The lowest BCUT2D eigenvalue weighted by Gasteiger charge is -2.29. The summed E-state index contributed by atoms with van der Waals surface area (Å²) in [5.74, 6) is -2.14. The number of rotatable bonds is 5. The van der Waals surface area contributed by atoms with Crippen molar-refractivity contribution in [1.82, 2.24) is 5.32 Å². The molecule has 0 aliphatic carbocycles. The van der Waals surface area contributed by atoms with Crippen molar-refractivity contribution in [3.63, 3.8) is 0 Å². The molecule has 10 heteroatoms. The standard InChI is InChI=1S/C10H16F3NO6/c1-19-7-5(16)6(17)9(4-15,20-7)2-3-14-8(18)10(11,12)13/h5-7,15-17H,2-4H2,1H3,(H,14,18)/t5-,6+,7?,9-/m1/s1. The van der Waals surface area contributed by atoms with Crippen LogP contribution in [0, 0.1) is 0 Å². The van der Waals surface area contributed by atoms with Crippen molar-refractivity contribution in [1.29, 1.82) is 0 Å². The Balaban J connectivity index is 2.62. The van der Waals surface area contributed by atoms with Crippen molar-refractivity contribution in [3.8, 4) is 0 Å². The molecule has 0 aromatic rings. The van der Waals surface area contributed by atoms with Gasteiger partial charge in [-0.2, -0.15) is 13.2 Å². The molecule has 1 fully saturated rings. The van der Waals surface area contributed by atoms with E-state index in [1.54, 1.807) is 5.32 Å². The van der Waals surface area contributed by atoms with E-state index in [-0.39, 0.29) is 6.42 Å². The van der Waals surface area contributed by atoms with E-state index < -0.39 is 49.3 Å². The largest absolute Gasteiger partial charge is 0.471 e. The van der Waals surface area contributed by atoms with Gasteiger partial charge in [-0.25, -0.2) is 0 Å². The normalized spacial score (nSPS) is 34.2. The minimum absolute atomic E-state index is 0.330. The molecule has 1 aliphatic heterocycles. The van der Waals surface area contributed by atoms with E-state index in [2.05, 4.69) is 0 Å². The molecule has 0 saturated carbocycles. The first-order chi connectivity index (χ1) is 9.18. The number of alkyl halides is 3. The third kappa shape index (κ3) is 3.38. The van der Waals surface area contributed by atoms with Gasteiger partial charge in [0.2, 0.25) is 0 Å². The number of carbonyl (C=O) groups is 1. The number of carbonyl (C=O) groups excluding carboxylic acids is 1. The van der Waals surface area contributed by atoms with E-state index in [4.69, 9.17) is 9.47 Å². The summed E-state index contributed by atoms with van der Waals surface area (Å²) in [6.45, 7) is -1.26. The van der Waals surface area contributed by atoms with Crippen LogP contribution in [0.5, 0.6) is 0 Å². The summed E-state index contributed by atoms with van der Waals surface area (Å²) in [4.78, 5) is 10.6. The maximum atomic E-state index is 12.0. The first kappa shape index (κ1) is 17.1. The molecule has 1 aliphatic rings. The summed E-state index contributed by atoms with van der Waals surface area (Å²) in [6, 6.07) is 0. The maximum Gasteiger partial charge on any atom is 0.471 e. The summed E-state index contributed by atoms with van der Waals surface area (Å²) in [5.41, 5.74) is -1.70. The summed E-state index contributed by atoms with van der Waals surface area (Å²) < 4.78 is 45.8. The minimum Gasteiger partial charge on any atom is -0.393 e. The third-order valence-electron chi connectivity index (χ3n) is 3.08. The fraction of sp³-hybridized carbons (Fsp3) is 0.900. The highest BCUT2D eigenvalue weighted by atomic mass is 19.4. The highest BCUT2D eigenvalue weighted by Crippen LogP contribution is 2.34. The van der Waals surface area contributed by atoms with Gasteiger partial charge in [0.15, 0.2) is 6.29 Å². The van der Waals surface area contributed by atoms with Crippen LogP contribution in [0.3, 0.4) is 0 Å². The number of amides is 1. The number of aliphatic hydroxyl groups excluding tert-OH is 3. The van der Waals surface area contributed by atoms with Crippen LogP contribution < -0.4 is 5.32 Å². The SMILES string of the molecule is COC1O[C@@](CO)(CCNC(=O)C(F)(F)F)[C@@H](O)[C@H]1O. The molecular weight excluding hydrogens is 287 g/mol. The summed E-state index contributed by atoms with van der Waals surface area (Å²) >= 11 is 0. The smallest absolute Gasteiger partial charge is 0.393 e. The molecule has 20 heavy (non-hydrogen) atoms. The molecule has 7 nitrogen and oxygen atoms in total. The van der Waals surface area contributed by atoms with Crippen LogP contribution >= 0.6 is 0 Å². The molecule has 1 saturated heterocycles. The molecule has 0 radical (unpaired) electrons. The van der Waals surface area contributed by atoms with Crippen molar-refractivity contribution < 1.29 is 42.8 Å². The predicted molar refractivity (Wildman–Crippen MR) is 57.4 cm³/mol. The van der Waals surface area contributed by atoms with Crippen LogP contribution in [0.4, 0.5) is 13.2 Å². The Morgan fingerprint density at radius 1 is 1.45 bits per heavy atom. The molecule has 1 rings (SSSR count). The lowest BCUT2D eigenvalue weighted by atomic mass is 9.92. The Morgan fingerprint density at radius 3 is 2.45 bits per heavy atom. The third-order valence-corrected chi connectivity index (χ3v) is 3.08. The Morgan fingerprint density at radius 2 is 2.05 bits per heavy atom. The number of hydrogen-bond acceptors (Lipinski definition) is 6. The van der Waals surface area contributed by atoms with Gasteiger partial charge >= 0.3 is 12.1 Å². The van der Waals surface area contributed by atoms with Crippen LogP contribution in [0.2, 0.25) is 0 Å². The number of halogens is 3. The van der Waals surface area contributed by atoms with E-state index in [1.807, 2.05) is 0 Å². The average molecular weight is 303 g/mol. The second-order valence-electron chi connectivity index (χ2n) is 4.38. The summed E-state index contributed by atoms with van der Waals surface area (Å²) in [7, 11) is 1.19. The zero-order chi connectivity index (χ0) is 15.6. The number of methoxy groups -OCH3 is 1. The molecule has 4 atom stereocenters. The number of hydrogen-bond donors (Lipinski definition) is 4. The Kier molecular flexibility index (Phi) is 5.33. The van der Waals surface area contributed by atoms with Gasteiger partial charge in [-0.15, -0.1) is 0 Å². The minimum atomic E-state index is -5.02. The number of aliphatic hydroxyl groups is 3. The highest BCUT2D eigenvalue weighted by molar-refractivity contribution is 5.81. The summed E-state index contributed by atoms with van der Waals surface area (Å²) in [5, 5.41) is 30.2. The zero-order valence-electron chi connectivity index (χ0n) is 10.6. The molecule has 118 valence electrons. The lowest BCUT2D eigenvalue weighted by Crippen LogP contribution is -2.49. The van der Waals surface area contributed by atoms with Crippen LogP contribution in [-0.2, 0) is 14.3 Å². The van der Waals surface area contributed by atoms with Crippen molar-refractivity contribution in [2.24, 2.45) is 0 Å². The number of nitrogens with one attached hydrogen (secondary N) is 1. The average Bonchev–Trinajstić information content (AvgIpc) is 2.62. The molecule has 0 bridgehead atoms. The van der Waals surface area contributed by atoms with Gasteiger partial charge in [0, 0.05) is 13.7 Å². The van der Waals surface area contributed by atoms with Gasteiger partial charge in [-0.05, 0) is 6.42 Å². The monoisotopic (exact) mass is 303 g/mol. The van der Waals surface area contributed by atoms with Crippen LogP contribution in [0.1, 0.15) is 6.42 Å². The number of ether oxygens (including phenoxy) is 2. The van der Waals surface area contributed by atoms with Gasteiger partial charge in [0.1, 0.15) is 17.8 Å². The maximum absolute atomic E-state index is 12.0. The molecule has 0 spiro atoms. The van der Waals surface area contributed by atoms with Gasteiger partial charge in [0.25, 0.3) is 0 Å². The van der Waals surface area contributed by atoms with E-state index in [9.17, 15) is 33.3 Å². The van der Waals surface area contributed by atoms with Crippen LogP contribution in [0.25, 0.3) is 0 Å². The highest BCUT2D eigenvalue weighted by Gasteiger charge is 2.54. The van der Waals surface area contributed by atoms with E-state index in [0.29, 0.717) is 0 Å². The molecule has 1 heterocycles. The van der Waals surface area contributed by atoms with Crippen molar-refractivity contribution in [2.45, 2.75) is 36.7 Å².